The van der Waals surface area contributed by atoms with Crippen LogP contribution < -0.4 is 5.32 Å². The number of hydrogen-bond acceptors (Lipinski definition) is 4. The van der Waals surface area contributed by atoms with Gasteiger partial charge in [-0.2, -0.15) is 0 Å². The molecule has 24 heavy (non-hydrogen) atoms. The van der Waals surface area contributed by atoms with Crippen LogP contribution in [-0.2, 0) is 13.0 Å². The molecule has 1 aromatic heterocycles. The Bertz CT molecular complexity index is 708. The monoisotopic (exact) mass is 327 g/mol. The predicted octanol–water partition coefficient (Wildman–Crippen LogP) is 2.80. The van der Waals surface area contributed by atoms with Gasteiger partial charge in [0.15, 0.2) is 6.39 Å². The fourth-order valence-electron chi connectivity index (χ4n) is 3.38. The predicted molar refractivity (Wildman–Crippen MR) is 92.8 cm³/mol. The van der Waals surface area contributed by atoms with Crippen LogP contribution in [0.25, 0.3) is 0 Å². The third-order valence-electron chi connectivity index (χ3n) is 4.82. The van der Waals surface area contributed by atoms with Gasteiger partial charge in [-0.25, -0.2) is 4.98 Å². The molecule has 0 unspecified atom stereocenters. The highest BCUT2D eigenvalue weighted by Gasteiger charge is 2.26. The van der Waals surface area contributed by atoms with Crippen LogP contribution in [0.3, 0.4) is 0 Å². The van der Waals surface area contributed by atoms with Gasteiger partial charge in [0.1, 0.15) is 0 Å². The van der Waals surface area contributed by atoms with E-state index in [1.807, 2.05) is 0 Å². The van der Waals surface area contributed by atoms with Crippen molar-refractivity contribution in [1.82, 2.24) is 15.2 Å². The lowest BCUT2D eigenvalue weighted by molar-refractivity contribution is 0.0877. The summed E-state index contributed by atoms with van der Waals surface area (Å²) < 4.78 is 5.17. The van der Waals surface area contributed by atoms with Crippen LogP contribution in [0.15, 0.2) is 35.1 Å². The molecule has 0 bridgehead atoms. The highest BCUT2D eigenvalue weighted by Crippen LogP contribution is 2.22. The number of benzene rings is 1. The van der Waals surface area contributed by atoms with Gasteiger partial charge in [-0.15, -0.1) is 0 Å². The van der Waals surface area contributed by atoms with Gasteiger partial charge in [0.2, 0.25) is 5.76 Å². The molecule has 1 amide bonds. The first-order valence-electron chi connectivity index (χ1n) is 8.55. The van der Waals surface area contributed by atoms with Crippen molar-refractivity contribution in [1.29, 1.82) is 0 Å². The van der Waals surface area contributed by atoms with Crippen LogP contribution in [0.4, 0.5) is 0 Å². The number of nitrogens with zero attached hydrogens (tertiary/aromatic N) is 2. The fraction of sp³-hybridized carbons (Fsp3) is 0.474. The van der Waals surface area contributed by atoms with Crippen molar-refractivity contribution in [3.63, 3.8) is 0 Å². The molecule has 128 valence electrons. The van der Waals surface area contributed by atoms with Crippen LogP contribution in [-0.4, -0.2) is 34.9 Å². The number of nitrogens with one attached hydrogen (secondary N) is 1. The lowest BCUT2D eigenvalue weighted by Gasteiger charge is -2.37. The second-order valence-electron chi connectivity index (χ2n) is 6.78. The van der Waals surface area contributed by atoms with E-state index in [0.29, 0.717) is 30.0 Å². The third kappa shape index (κ3) is 3.51. The van der Waals surface area contributed by atoms with E-state index in [0.717, 1.165) is 19.5 Å². The number of fused-ring (bicyclic) bond motifs is 1. The fourth-order valence-corrected chi connectivity index (χ4v) is 3.38. The van der Waals surface area contributed by atoms with E-state index in [-0.39, 0.29) is 5.91 Å². The smallest absolute Gasteiger partial charge is 0.289 e. The summed E-state index contributed by atoms with van der Waals surface area (Å²) in [5.74, 6) is 0.570. The molecule has 3 rings (SSSR count). The lowest BCUT2D eigenvalue weighted by atomic mass is 9.95. The summed E-state index contributed by atoms with van der Waals surface area (Å²) >= 11 is 0. The second-order valence-corrected chi connectivity index (χ2v) is 6.78. The number of hydrogen-bond donors (Lipinski definition) is 1. The van der Waals surface area contributed by atoms with E-state index in [2.05, 4.69) is 53.3 Å². The van der Waals surface area contributed by atoms with Crippen LogP contribution in [0.1, 0.15) is 41.2 Å². The van der Waals surface area contributed by atoms with Gasteiger partial charge in [0.25, 0.3) is 5.91 Å². The van der Waals surface area contributed by atoms with Crippen LogP contribution in [0, 0.1) is 12.8 Å². The Morgan fingerprint density at radius 1 is 1.33 bits per heavy atom. The minimum atomic E-state index is -0.187. The van der Waals surface area contributed by atoms with Crippen LogP contribution in [0.2, 0.25) is 0 Å². The van der Waals surface area contributed by atoms with Gasteiger partial charge in [-0.1, -0.05) is 38.1 Å². The Labute approximate surface area is 143 Å². The molecular weight excluding hydrogens is 302 g/mol. The second kappa shape index (κ2) is 7.18. The highest BCUT2D eigenvalue weighted by molar-refractivity contribution is 5.92. The maximum Gasteiger partial charge on any atom is 0.289 e. The van der Waals surface area contributed by atoms with Gasteiger partial charge in [-0.3, -0.25) is 9.69 Å². The van der Waals surface area contributed by atoms with Crippen molar-refractivity contribution in [3.05, 3.63) is 53.2 Å². The van der Waals surface area contributed by atoms with E-state index in [1.165, 1.54) is 17.5 Å². The van der Waals surface area contributed by atoms with Crippen molar-refractivity contribution in [3.8, 4) is 0 Å². The van der Waals surface area contributed by atoms with Gasteiger partial charge in [0.05, 0.1) is 5.69 Å². The number of aromatic nitrogens is 1. The number of oxazole rings is 1. The number of carbonyl (C=O) groups is 1. The average Bonchev–Trinajstić information content (AvgIpc) is 3.00. The molecule has 0 spiro atoms. The van der Waals surface area contributed by atoms with Crippen molar-refractivity contribution in [2.24, 2.45) is 5.92 Å². The Hall–Kier alpha value is -2.14. The molecule has 5 heteroatoms. The molecule has 5 nitrogen and oxygen atoms in total. The molecule has 2 aromatic rings. The molecule has 0 radical (unpaired) electrons. The third-order valence-corrected chi connectivity index (χ3v) is 4.82. The molecule has 0 saturated heterocycles. The summed E-state index contributed by atoms with van der Waals surface area (Å²) in [4.78, 5) is 18.7. The van der Waals surface area contributed by atoms with Crippen LogP contribution in [0.5, 0.6) is 0 Å². The normalized spacial score (nSPS) is 16.0. The molecule has 2 heterocycles. The minimum Gasteiger partial charge on any atom is -0.438 e. The van der Waals surface area contributed by atoms with Gasteiger partial charge < -0.3 is 9.73 Å². The first kappa shape index (κ1) is 16.7. The zero-order valence-corrected chi connectivity index (χ0v) is 14.6. The summed E-state index contributed by atoms with van der Waals surface area (Å²) in [5.41, 5.74) is 3.46. The molecule has 1 aliphatic rings. The Kier molecular flexibility index (Phi) is 5.00. The summed E-state index contributed by atoms with van der Waals surface area (Å²) in [6, 6.07) is 8.92. The molecule has 0 aliphatic carbocycles. The van der Waals surface area contributed by atoms with Gasteiger partial charge in [-0.05, 0) is 30.4 Å². The summed E-state index contributed by atoms with van der Waals surface area (Å²) in [5, 5.41) is 3.01. The lowest BCUT2D eigenvalue weighted by Crippen LogP contribution is -2.48. The Morgan fingerprint density at radius 3 is 2.75 bits per heavy atom. The van der Waals surface area contributed by atoms with Gasteiger partial charge >= 0.3 is 0 Å². The van der Waals surface area contributed by atoms with Crippen molar-refractivity contribution in [2.45, 2.75) is 39.8 Å². The van der Waals surface area contributed by atoms with E-state index in [4.69, 9.17) is 4.42 Å². The topological polar surface area (TPSA) is 58.4 Å². The van der Waals surface area contributed by atoms with E-state index in [1.54, 1.807) is 6.92 Å². The average molecular weight is 327 g/mol. The number of amides is 1. The molecule has 1 N–H and O–H groups in total. The highest BCUT2D eigenvalue weighted by atomic mass is 16.3. The molecule has 1 aliphatic heterocycles. The largest absolute Gasteiger partial charge is 0.438 e. The van der Waals surface area contributed by atoms with E-state index >= 15 is 0 Å². The van der Waals surface area contributed by atoms with E-state index in [9.17, 15) is 4.79 Å². The van der Waals surface area contributed by atoms with Crippen molar-refractivity contribution < 1.29 is 9.21 Å². The molecule has 1 atom stereocenters. The summed E-state index contributed by atoms with van der Waals surface area (Å²) in [7, 11) is 0. The molecular formula is C19H25N3O2. The summed E-state index contributed by atoms with van der Waals surface area (Å²) in [6.07, 6.45) is 2.38. The quantitative estimate of drug-likeness (QED) is 0.917. The number of aryl methyl sites for hydroxylation is 1. The molecule has 1 aromatic carbocycles. The Morgan fingerprint density at radius 2 is 2.08 bits per heavy atom. The molecule has 0 saturated carbocycles. The zero-order chi connectivity index (χ0) is 17.1. The zero-order valence-electron chi connectivity index (χ0n) is 14.6. The minimum absolute atomic E-state index is 0.187. The molecule has 0 fully saturated rings. The Balaban J connectivity index is 1.65. The van der Waals surface area contributed by atoms with Crippen LogP contribution >= 0.6 is 0 Å². The maximum atomic E-state index is 12.3. The first-order chi connectivity index (χ1) is 11.6. The SMILES string of the molecule is Cc1ncoc1C(=O)NC[C@H](C(C)C)N1CCc2ccccc2C1. The number of rotatable bonds is 5. The summed E-state index contributed by atoms with van der Waals surface area (Å²) in [6.45, 7) is 8.76. The van der Waals surface area contributed by atoms with Crippen molar-refractivity contribution >= 4 is 5.91 Å². The van der Waals surface area contributed by atoms with Gasteiger partial charge in [0, 0.05) is 25.7 Å². The maximum absolute atomic E-state index is 12.3. The van der Waals surface area contributed by atoms with E-state index < -0.39 is 0 Å². The first-order valence-corrected chi connectivity index (χ1v) is 8.55. The number of carbonyl (C=O) groups excluding carboxylic acids is 1. The van der Waals surface area contributed by atoms with Crippen molar-refractivity contribution in [2.75, 3.05) is 13.1 Å². The standard InChI is InChI=1S/C19H25N3O2/c1-13(2)17(10-20-19(23)18-14(3)21-12-24-18)22-9-8-15-6-4-5-7-16(15)11-22/h4-7,12-13,17H,8-11H2,1-3H3,(H,20,23)/t17-/m1/s1.